The molecule has 0 saturated carbocycles. The molecule has 0 aliphatic carbocycles. The molecule has 0 N–H and O–H groups in total. The molecule has 1 aliphatic heterocycles. The van der Waals surface area contributed by atoms with Crippen molar-refractivity contribution in [2.24, 2.45) is 10.2 Å². The zero-order valence-electron chi connectivity index (χ0n) is 16.2. The van der Waals surface area contributed by atoms with Crippen LogP contribution in [-0.2, 0) is 0 Å². The van der Waals surface area contributed by atoms with Crippen LogP contribution in [0.3, 0.4) is 0 Å². The quantitative estimate of drug-likeness (QED) is 0.269. The van der Waals surface area contributed by atoms with Gasteiger partial charge < -0.3 is 4.90 Å². The van der Waals surface area contributed by atoms with Crippen LogP contribution < -0.4 is 0 Å². The Morgan fingerprint density at radius 1 is 1.19 bits per heavy atom. The first-order valence-corrected chi connectivity index (χ1v) is 9.19. The van der Waals surface area contributed by atoms with E-state index in [2.05, 4.69) is 51.5 Å². The van der Waals surface area contributed by atoms with Crippen LogP contribution in [0.25, 0.3) is 0 Å². The number of benzene rings is 1. The monoisotopic (exact) mass is 346 g/mol. The van der Waals surface area contributed by atoms with E-state index in [0.29, 0.717) is 17.2 Å². The maximum atomic E-state index is 9.72. The molecule has 1 saturated heterocycles. The fraction of sp³-hybridized carbons (Fsp3) is 0.381. The Labute approximate surface area is 158 Å². The van der Waals surface area contributed by atoms with E-state index in [9.17, 15) is 5.26 Å². The molecule has 0 bridgehead atoms. The van der Waals surface area contributed by atoms with Gasteiger partial charge in [-0.15, -0.1) is 0 Å². The van der Waals surface area contributed by atoms with Crippen LogP contribution in [0.4, 0.5) is 0 Å². The van der Waals surface area contributed by atoms with Gasteiger partial charge in [0, 0.05) is 13.1 Å². The second-order valence-corrected chi connectivity index (χ2v) is 6.78. The Kier molecular flexibility index (Phi) is 7.41. The van der Waals surface area contributed by atoms with Crippen molar-refractivity contribution in [2.75, 3.05) is 13.1 Å². The van der Waals surface area contributed by atoms with E-state index >= 15 is 0 Å². The summed E-state index contributed by atoms with van der Waals surface area (Å²) in [5.41, 5.74) is 4.50. The number of nitriles is 1. The van der Waals surface area contributed by atoms with E-state index < -0.39 is 0 Å². The highest BCUT2D eigenvalue weighted by molar-refractivity contribution is 6.59. The number of likely N-dealkylation sites (tertiary alicyclic amines) is 1. The van der Waals surface area contributed by atoms with E-state index in [1.165, 1.54) is 5.56 Å². The zero-order valence-corrected chi connectivity index (χ0v) is 16.2. The van der Waals surface area contributed by atoms with Gasteiger partial charge in [-0.25, -0.2) is 0 Å². The van der Waals surface area contributed by atoms with E-state index in [4.69, 9.17) is 0 Å². The van der Waals surface area contributed by atoms with Gasteiger partial charge in [0.05, 0.1) is 17.0 Å². The van der Waals surface area contributed by atoms with Crippen LogP contribution in [-0.4, -0.2) is 37.2 Å². The summed E-state index contributed by atoms with van der Waals surface area (Å²) in [5, 5.41) is 18.1. The van der Waals surface area contributed by atoms with Gasteiger partial charge in [0.2, 0.25) is 0 Å². The van der Waals surface area contributed by atoms with Gasteiger partial charge in [-0.3, -0.25) is 0 Å². The molecule has 1 aromatic carbocycles. The lowest BCUT2D eigenvalue weighted by Gasteiger charge is -2.35. The first-order chi connectivity index (χ1) is 12.6. The van der Waals surface area contributed by atoms with Crippen LogP contribution in [0.1, 0.15) is 45.1 Å². The maximum Gasteiger partial charge on any atom is 0.160 e. The van der Waals surface area contributed by atoms with Gasteiger partial charge in [-0.05, 0) is 56.8 Å². The van der Waals surface area contributed by atoms with Crippen molar-refractivity contribution in [3.63, 3.8) is 0 Å². The molecule has 0 aromatic heterocycles. The van der Waals surface area contributed by atoms with Gasteiger partial charge in [0.25, 0.3) is 0 Å². The topological polar surface area (TPSA) is 51.8 Å². The van der Waals surface area contributed by atoms with Crippen LogP contribution >= 0.6 is 0 Å². The Bertz CT molecular complexity index is 757. The van der Waals surface area contributed by atoms with Crippen LogP contribution in [0, 0.1) is 11.3 Å². The Hall–Kier alpha value is -2.61. The van der Waals surface area contributed by atoms with E-state index in [1.807, 2.05) is 40.8 Å². The van der Waals surface area contributed by atoms with Crippen LogP contribution in [0.2, 0.25) is 0 Å². The first kappa shape index (κ1) is 19.7. The van der Waals surface area contributed by atoms with E-state index in [1.54, 1.807) is 0 Å². The average molecular weight is 346 g/mol. The maximum absolute atomic E-state index is 9.72. The number of piperidine rings is 1. The molecular formula is C21H27BN4. The molecular weight excluding hydrogens is 319 g/mol. The standard InChI is InChI=1S/C21H27BN4/c1-4-8-21(20(15-23)16(2)24-25-17(3)22)26-13-11-19(12-14-26)18-9-6-5-7-10-18/h4-10,19H,11-14,22H2,1-3H3/b8-4-,21-20+,24-16+,25-17+. The van der Waals surface area contributed by atoms with Crippen molar-refractivity contribution < 1.29 is 0 Å². The van der Waals surface area contributed by atoms with Crippen molar-refractivity contribution in [3.8, 4) is 6.07 Å². The summed E-state index contributed by atoms with van der Waals surface area (Å²) < 4.78 is 0. The summed E-state index contributed by atoms with van der Waals surface area (Å²) in [5.74, 6) is 0.590. The summed E-state index contributed by atoms with van der Waals surface area (Å²) in [6.45, 7) is 7.60. The minimum Gasteiger partial charge on any atom is -0.370 e. The molecule has 26 heavy (non-hydrogen) atoms. The molecule has 0 radical (unpaired) electrons. The van der Waals surface area contributed by atoms with Crippen molar-refractivity contribution in [2.45, 2.75) is 39.5 Å². The molecule has 0 unspecified atom stereocenters. The molecule has 1 heterocycles. The lowest BCUT2D eigenvalue weighted by atomic mass is 9.89. The fourth-order valence-electron chi connectivity index (χ4n) is 3.23. The molecule has 0 amide bonds. The van der Waals surface area contributed by atoms with E-state index in [0.717, 1.165) is 37.2 Å². The van der Waals surface area contributed by atoms with Crippen LogP contribution in [0.5, 0.6) is 0 Å². The average Bonchev–Trinajstić information content (AvgIpc) is 2.67. The number of allylic oxidation sites excluding steroid dienone is 3. The van der Waals surface area contributed by atoms with Crippen molar-refractivity contribution in [1.82, 2.24) is 4.90 Å². The normalized spacial score (nSPS) is 18.0. The van der Waals surface area contributed by atoms with E-state index in [-0.39, 0.29) is 0 Å². The molecule has 0 atom stereocenters. The second-order valence-electron chi connectivity index (χ2n) is 6.78. The highest BCUT2D eigenvalue weighted by Crippen LogP contribution is 2.30. The predicted octanol–water partition coefficient (Wildman–Crippen LogP) is 3.65. The molecule has 1 fully saturated rings. The summed E-state index contributed by atoms with van der Waals surface area (Å²) >= 11 is 0. The van der Waals surface area contributed by atoms with Gasteiger partial charge >= 0.3 is 0 Å². The summed E-state index contributed by atoms with van der Waals surface area (Å²) in [7, 11) is 1.90. The summed E-state index contributed by atoms with van der Waals surface area (Å²) in [4.78, 5) is 2.31. The van der Waals surface area contributed by atoms with Gasteiger partial charge in [-0.1, -0.05) is 36.4 Å². The third-order valence-electron chi connectivity index (χ3n) is 4.56. The SMILES string of the molecule is B/C(C)=N/N=C(C)/C(C#N)=C(\C=C/C)N1CCC(c2ccccc2)CC1. The zero-order chi connectivity index (χ0) is 18.9. The smallest absolute Gasteiger partial charge is 0.160 e. The predicted molar refractivity (Wildman–Crippen MR) is 112 cm³/mol. The fourth-order valence-corrected chi connectivity index (χ4v) is 3.23. The third kappa shape index (κ3) is 5.19. The largest absolute Gasteiger partial charge is 0.370 e. The van der Waals surface area contributed by atoms with Gasteiger partial charge in [0.1, 0.15) is 6.07 Å². The molecule has 5 heteroatoms. The van der Waals surface area contributed by atoms with Gasteiger partial charge in [0.15, 0.2) is 7.85 Å². The Balaban J connectivity index is 2.23. The molecule has 1 aromatic rings. The number of hydrogen-bond donors (Lipinski definition) is 0. The third-order valence-corrected chi connectivity index (χ3v) is 4.56. The highest BCUT2D eigenvalue weighted by Gasteiger charge is 2.23. The van der Waals surface area contributed by atoms with Gasteiger partial charge in [-0.2, -0.15) is 15.5 Å². The summed E-state index contributed by atoms with van der Waals surface area (Å²) in [6, 6.07) is 13.0. The Morgan fingerprint density at radius 3 is 2.38 bits per heavy atom. The minimum atomic E-state index is 0.590. The number of rotatable bonds is 5. The lowest BCUT2D eigenvalue weighted by Crippen LogP contribution is -2.33. The minimum absolute atomic E-state index is 0.590. The van der Waals surface area contributed by atoms with Crippen molar-refractivity contribution >= 4 is 19.2 Å². The number of hydrogen-bond acceptors (Lipinski definition) is 4. The second kappa shape index (κ2) is 9.77. The molecule has 134 valence electrons. The molecule has 4 nitrogen and oxygen atoms in total. The number of nitrogens with zero attached hydrogens (tertiary/aromatic N) is 4. The molecule has 0 spiro atoms. The van der Waals surface area contributed by atoms with Crippen molar-refractivity contribution in [1.29, 1.82) is 5.26 Å². The van der Waals surface area contributed by atoms with Crippen LogP contribution in [0.15, 0.2) is 64.0 Å². The highest BCUT2D eigenvalue weighted by atomic mass is 15.2. The lowest BCUT2D eigenvalue weighted by molar-refractivity contribution is 0.269. The molecule has 1 aliphatic rings. The first-order valence-electron chi connectivity index (χ1n) is 9.19. The Morgan fingerprint density at radius 2 is 1.85 bits per heavy atom. The molecule has 2 rings (SSSR count). The van der Waals surface area contributed by atoms with Crippen molar-refractivity contribution in [3.05, 3.63) is 59.3 Å². The summed E-state index contributed by atoms with van der Waals surface area (Å²) in [6.07, 6.45) is 6.18.